The fraction of sp³-hybridized carbons (Fsp3) is 0.500. The minimum Gasteiger partial charge on any atom is -0.357 e. The van der Waals surface area contributed by atoms with E-state index in [4.69, 9.17) is 0 Å². The second-order valence-corrected chi connectivity index (χ2v) is 6.31. The molecule has 1 amide bonds. The van der Waals surface area contributed by atoms with E-state index in [1.165, 1.54) is 12.8 Å². The molecule has 1 aliphatic carbocycles. The lowest BCUT2D eigenvalue weighted by molar-refractivity contribution is -0.116. The van der Waals surface area contributed by atoms with Crippen molar-refractivity contribution in [2.24, 2.45) is 10.9 Å². The molecule has 0 radical (unpaired) electrons. The largest absolute Gasteiger partial charge is 0.357 e. The zero-order valence-corrected chi connectivity index (χ0v) is 17.2. The molecule has 23 heavy (non-hydrogen) atoms. The van der Waals surface area contributed by atoms with Gasteiger partial charge in [0.2, 0.25) is 5.91 Å². The number of nitrogens with one attached hydrogen (secondary N) is 3. The Morgan fingerprint density at radius 2 is 1.96 bits per heavy atom. The van der Waals surface area contributed by atoms with Gasteiger partial charge in [-0.15, -0.1) is 24.0 Å². The number of benzene rings is 1. The van der Waals surface area contributed by atoms with E-state index in [2.05, 4.69) is 36.9 Å². The first-order valence-electron chi connectivity index (χ1n) is 7.75. The molecule has 3 N–H and O–H groups in total. The van der Waals surface area contributed by atoms with Gasteiger partial charge in [0, 0.05) is 36.2 Å². The zero-order chi connectivity index (χ0) is 15.8. The van der Waals surface area contributed by atoms with Crippen LogP contribution in [0.4, 0.5) is 5.69 Å². The van der Waals surface area contributed by atoms with Gasteiger partial charge in [-0.1, -0.05) is 15.9 Å². The first-order chi connectivity index (χ1) is 10.7. The average molecular weight is 495 g/mol. The summed E-state index contributed by atoms with van der Waals surface area (Å²) in [6.45, 7) is 4.30. The molecule has 0 atom stereocenters. The molecule has 128 valence electrons. The molecule has 5 nitrogen and oxygen atoms in total. The summed E-state index contributed by atoms with van der Waals surface area (Å²) in [5.74, 6) is 1.55. The minimum atomic E-state index is -0.00661. The Balaban J connectivity index is 0.00000264. The lowest BCUT2D eigenvalue weighted by Crippen LogP contribution is -2.38. The Kier molecular flexibility index (Phi) is 9.54. The number of carbonyl (C=O) groups excluding carboxylic acids is 1. The Labute approximate surface area is 163 Å². The summed E-state index contributed by atoms with van der Waals surface area (Å²) in [6.07, 6.45) is 2.99. The van der Waals surface area contributed by atoms with E-state index in [-0.39, 0.29) is 29.9 Å². The molecule has 0 aliphatic heterocycles. The van der Waals surface area contributed by atoms with Crippen LogP contribution in [0.15, 0.2) is 33.7 Å². The lowest BCUT2D eigenvalue weighted by atomic mass is 10.3. The molecular formula is C16H24BrIN4O. The Morgan fingerprint density at radius 3 is 2.57 bits per heavy atom. The van der Waals surface area contributed by atoms with Gasteiger partial charge in [0.05, 0.1) is 0 Å². The topological polar surface area (TPSA) is 65.5 Å². The van der Waals surface area contributed by atoms with Crippen molar-refractivity contribution in [3.8, 4) is 0 Å². The zero-order valence-electron chi connectivity index (χ0n) is 13.3. The standard InChI is InChI=1S/C16H23BrN4O.HI/c1-2-18-16(20-11-12-3-4-12)19-10-9-15(22)21-14-7-5-13(17)6-8-14;/h5-8,12H,2-4,9-11H2,1H3,(H,21,22)(H2,18,19,20);1H. The number of aliphatic imine (C=N–C) groups is 1. The normalized spacial score (nSPS) is 13.9. The number of carbonyl (C=O) groups is 1. The quantitative estimate of drug-likeness (QED) is 0.309. The van der Waals surface area contributed by atoms with Gasteiger partial charge in [0.1, 0.15) is 0 Å². The highest BCUT2D eigenvalue weighted by atomic mass is 127. The van der Waals surface area contributed by atoms with Crippen molar-refractivity contribution in [2.45, 2.75) is 26.2 Å². The van der Waals surface area contributed by atoms with E-state index in [0.717, 1.165) is 35.1 Å². The number of anilines is 1. The summed E-state index contributed by atoms with van der Waals surface area (Å²) >= 11 is 3.37. The number of hydrogen-bond donors (Lipinski definition) is 3. The number of rotatable bonds is 7. The van der Waals surface area contributed by atoms with Gasteiger partial charge in [-0.2, -0.15) is 0 Å². The summed E-state index contributed by atoms with van der Waals surface area (Å²) in [5.41, 5.74) is 0.808. The van der Waals surface area contributed by atoms with Crippen molar-refractivity contribution >= 4 is 57.5 Å². The number of amides is 1. The Morgan fingerprint density at radius 1 is 1.26 bits per heavy atom. The lowest BCUT2D eigenvalue weighted by Gasteiger charge is -2.11. The van der Waals surface area contributed by atoms with E-state index in [9.17, 15) is 4.79 Å². The maximum Gasteiger partial charge on any atom is 0.226 e. The van der Waals surface area contributed by atoms with Crippen LogP contribution in [0.2, 0.25) is 0 Å². The maximum absolute atomic E-state index is 11.9. The highest BCUT2D eigenvalue weighted by molar-refractivity contribution is 14.0. The fourth-order valence-corrected chi connectivity index (χ4v) is 2.18. The fourth-order valence-electron chi connectivity index (χ4n) is 1.91. The molecule has 0 bridgehead atoms. The summed E-state index contributed by atoms with van der Waals surface area (Å²) in [5, 5.41) is 9.27. The Hall–Kier alpha value is -0.830. The second kappa shape index (κ2) is 10.9. The van der Waals surface area contributed by atoms with E-state index < -0.39 is 0 Å². The molecule has 2 rings (SSSR count). The molecule has 0 unspecified atom stereocenters. The van der Waals surface area contributed by atoms with Crippen molar-refractivity contribution in [2.75, 3.05) is 25.0 Å². The van der Waals surface area contributed by atoms with Crippen LogP contribution >= 0.6 is 39.9 Å². The van der Waals surface area contributed by atoms with Gasteiger partial charge in [-0.3, -0.25) is 9.79 Å². The van der Waals surface area contributed by atoms with E-state index in [1.807, 2.05) is 31.2 Å². The van der Waals surface area contributed by atoms with Crippen LogP contribution in [-0.4, -0.2) is 31.5 Å². The van der Waals surface area contributed by atoms with Crippen LogP contribution in [0.25, 0.3) is 0 Å². The summed E-state index contributed by atoms with van der Waals surface area (Å²) in [4.78, 5) is 16.4. The molecule has 1 aliphatic rings. The van der Waals surface area contributed by atoms with Crippen LogP contribution in [0.3, 0.4) is 0 Å². The molecule has 1 aromatic carbocycles. The number of guanidine groups is 1. The van der Waals surface area contributed by atoms with Crippen LogP contribution in [0, 0.1) is 5.92 Å². The molecule has 0 saturated heterocycles. The van der Waals surface area contributed by atoms with Crippen molar-refractivity contribution in [3.63, 3.8) is 0 Å². The first-order valence-corrected chi connectivity index (χ1v) is 8.54. The van der Waals surface area contributed by atoms with Crippen molar-refractivity contribution < 1.29 is 4.79 Å². The van der Waals surface area contributed by atoms with E-state index >= 15 is 0 Å². The Bertz CT molecular complexity index is 517. The molecule has 0 spiro atoms. The van der Waals surface area contributed by atoms with Crippen LogP contribution in [0.1, 0.15) is 26.2 Å². The van der Waals surface area contributed by atoms with Gasteiger partial charge in [-0.05, 0) is 49.9 Å². The van der Waals surface area contributed by atoms with Crippen LogP contribution < -0.4 is 16.0 Å². The summed E-state index contributed by atoms with van der Waals surface area (Å²) in [7, 11) is 0. The summed E-state index contributed by atoms with van der Waals surface area (Å²) in [6, 6.07) is 7.55. The van der Waals surface area contributed by atoms with Crippen molar-refractivity contribution in [1.29, 1.82) is 0 Å². The first kappa shape index (κ1) is 20.2. The molecule has 0 heterocycles. The predicted molar refractivity (Wildman–Crippen MR) is 110 cm³/mol. The third kappa shape index (κ3) is 8.55. The maximum atomic E-state index is 11.9. The predicted octanol–water partition coefficient (Wildman–Crippen LogP) is 3.36. The summed E-state index contributed by atoms with van der Waals surface area (Å²) < 4.78 is 0.995. The number of halogens is 2. The molecule has 1 aromatic rings. The van der Waals surface area contributed by atoms with Gasteiger partial charge < -0.3 is 16.0 Å². The smallest absolute Gasteiger partial charge is 0.226 e. The van der Waals surface area contributed by atoms with Crippen LogP contribution in [-0.2, 0) is 4.79 Å². The minimum absolute atomic E-state index is 0. The van der Waals surface area contributed by atoms with Gasteiger partial charge in [0.25, 0.3) is 0 Å². The van der Waals surface area contributed by atoms with Crippen molar-refractivity contribution in [3.05, 3.63) is 28.7 Å². The van der Waals surface area contributed by atoms with Gasteiger partial charge >= 0.3 is 0 Å². The molecule has 1 fully saturated rings. The second-order valence-electron chi connectivity index (χ2n) is 5.39. The highest BCUT2D eigenvalue weighted by Gasteiger charge is 2.20. The number of nitrogens with zero attached hydrogens (tertiary/aromatic N) is 1. The average Bonchev–Trinajstić information content (AvgIpc) is 3.31. The number of hydrogen-bond acceptors (Lipinski definition) is 2. The van der Waals surface area contributed by atoms with E-state index in [1.54, 1.807) is 0 Å². The van der Waals surface area contributed by atoms with Crippen molar-refractivity contribution in [1.82, 2.24) is 10.6 Å². The molecule has 7 heteroatoms. The highest BCUT2D eigenvalue weighted by Crippen LogP contribution is 2.28. The third-order valence-electron chi connectivity index (χ3n) is 3.32. The molecule has 0 aromatic heterocycles. The SMILES string of the molecule is CCNC(=NCC1CC1)NCCC(=O)Nc1ccc(Br)cc1.I. The van der Waals surface area contributed by atoms with E-state index in [0.29, 0.717) is 13.0 Å². The van der Waals surface area contributed by atoms with Gasteiger partial charge in [0.15, 0.2) is 5.96 Å². The van der Waals surface area contributed by atoms with Crippen LogP contribution in [0.5, 0.6) is 0 Å². The third-order valence-corrected chi connectivity index (χ3v) is 3.85. The van der Waals surface area contributed by atoms with Gasteiger partial charge in [-0.25, -0.2) is 0 Å². The molecule has 1 saturated carbocycles. The monoisotopic (exact) mass is 494 g/mol. The molecular weight excluding hydrogens is 471 g/mol.